The van der Waals surface area contributed by atoms with Crippen molar-refractivity contribution in [2.45, 2.75) is 75.8 Å². The molecule has 1 saturated carbocycles. The van der Waals surface area contributed by atoms with Gasteiger partial charge in [-0.3, -0.25) is 4.79 Å². The molecular formula is C20H26F6O3Si. The number of carbonyl (C=O) groups excluding carboxylic acids is 1. The fraction of sp³-hybridized carbons (Fsp3) is 0.650. The molecule has 0 spiro atoms. The fourth-order valence-corrected chi connectivity index (χ4v) is 4.81. The number of esters is 1. The molecule has 3 nitrogen and oxygen atoms in total. The molecule has 2 rings (SSSR count). The van der Waals surface area contributed by atoms with Crippen LogP contribution in [-0.4, -0.2) is 32.7 Å². The maximum absolute atomic E-state index is 12.9. The van der Waals surface area contributed by atoms with Crippen LogP contribution in [0.5, 0.6) is 0 Å². The second-order valence-corrected chi connectivity index (χ2v) is 13.8. The van der Waals surface area contributed by atoms with Crippen LogP contribution in [0, 0.1) is 5.92 Å². The second-order valence-electron chi connectivity index (χ2n) is 9.11. The predicted molar refractivity (Wildman–Crippen MR) is 101 cm³/mol. The van der Waals surface area contributed by atoms with Crippen molar-refractivity contribution < 1.29 is 40.3 Å². The standard InChI is InChI=1S/C20H26F6O3Si/c1-17(2,3)30(4,5)29-18(13-9-7-6-8-10-13)12-11-14(18)15(27)28-16(19(21,22)23)20(24,25)26/h6-10,14,16H,11-12H2,1-5H3. The summed E-state index contributed by atoms with van der Waals surface area (Å²) in [5.74, 6) is -2.82. The zero-order valence-corrected chi connectivity index (χ0v) is 18.4. The lowest BCUT2D eigenvalue weighted by Gasteiger charge is -2.54. The van der Waals surface area contributed by atoms with Gasteiger partial charge < -0.3 is 9.16 Å². The zero-order chi connectivity index (χ0) is 23.2. The van der Waals surface area contributed by atoms with Gasteiger partial charge in [-0.25, -0.2) is 0 Å². The summed E-state index contributed by atoms with van der Waals surface area (Å²) in [6.45, 7) is 9.67. The number of rotatable bonds is 5. The van der Waals surface area contributed by atoms with Gasteiger partial charge in [0.2, 0.25) is 0 Å². The number of carbonyl (C=O) groups is 1. The Kier molecular flexibility index (Phi) is 6.47. The van der Waals surface area contributed by atoms with Gasteiger partial charge in [0.25, 0.3) is 6.10 Å². The van der Waals surface area contributed by atoms with Crippen LogP contribution in [-0.2, 0) is 19.6 Å². The Morgan fingerprint density at radius 2 is 1.53 bits per heavy atom. The van der Waals surface area contributed by atoms with Crippen LogP contribution in [0.2, 0.25) is 18.1 Å². The Hall–Kier alpha value is -1.55. The van der Waals surface area contributed by atoms with Crippen LogP contribution in [0.15, 0.2) is 30.3 Å². The van der Waals surface area contributed by atoms with E-state index in [1.54, 1.807) is 30.3 Å². The number of alkyl halides is 6. The number of ether oxygens (including phenoxy) is 1. The summed E-state index contributed by atoms with van der Waals surface area (Å²) in [5.41, 5.74) is -0.776. The molecule has 0 N–H and O–H groups in total. The van der Waals surface area contributed by atoms with E-state index in [4.69, 9.17) is 4.43 Å². The third kappa shape index (κ3) is 4.85. The van der Waals surface area contributed by atoms with Gasteiger partial charge in [0.15, 0.2) is 8.32 Å². The molecule has 30 heavy (non-hydrogen) atoms. The highest BCUT2D eigenvalue weighted by molar-refractivity contribution is 6.74. The van der Waals surface area contributed by atoms with Gasteiger partial charge >= 0.3 is 18.3 Å². The zero-order valence-electron chi connectivity index (χ0n) is 17.4. The van der Waals surface area contributed by atoms with Crippen molar-refractivity contribution >= 4 is 14.3 Å². The average molecular weight is 456 g/mol. The second kappa shape index (κ2) is 7.85. The van der Waals surface area contributed by atoms with Gasteiger partial charge in [0.05, 0.1) is 11.5 Å². The van der Waals surface area contributed by atoms with E-state index >= 15 is 0 Å². The first-order valence-corrected chi connectivity index (χ1v) is 12.4. The van der Waals surface area contributed by atoms with Crippen LogP contribution >= 0.6 is 0 Å². The van der Waals surface area contributed by atoms with Crippen LogP contribution in [0.4, 0.5) is 26.3 Å². The Bertz CT molecular complexity index is 741. The van der Waals surface area contributed by atoms with Crippen molar-refractivity contribution in [2.24, 2.45) is 5.92 Å². The largest absolute Gasteiger partial charge is 0.442 e. The molecule has 0 aliphatic heterocycles. The Morgan fingerprint density at radius 1 is 1.03 bits per heavy atom. The molecule has 2 atom stereocenters. The average Bonchev–Trinajstić information content (AvgIpc) is 2.54. The SMILES string of the molecule is CC(C)(C)[Si](C)(C)OC1(c2ccccc2)CCC1C(=O)OC(C(F)(F)F)C(F)(F)F. The molecular weight excluding hydrogens is 430 g/mol. The van der Waals surface area contributed by atoms with Crippen molar-refractivity contribution in [1.82, 2.24) is 0 Å². The quantitative estimate of drug-likeness (QED) is 0.294. The van der Waals surface area contributed by atoms with E-state index in [-0.39, 0.29) is 11.5 Å². The van der Waals surface area contributed by atoms with Gasteiger partial charge in [-0.15, -0.1) is 0 Å². The summed E-state index contributed by atoms with van der Waals surface area (Å²) >= 11 is 0. The van der Waals surface area contributed by atoms with Crippen molar-refractivity contribution in [3.63, 3.8) is 0 Å². The molecule has 1 aromatic rings. The third-order valence-corrected chi connectivity index (χ3v) is 10.5. The van der Waals surface area contributed by atoms with Crippen LogP contribution in [0.3, 0.4) is 0 Å². The first-order chi connectivity index (χ1) is 13.4. The van der Waals surface area contributed by atoms with E-state index in [2.05, 4.69) is 4.74 Å². The number of hydrogen-bond donors (Lipinski definition) is 0. The van der Waals surface area contributed by atoms with Crippen molar-refractivity contribution in [1.29, 1.82) is 0 Å². The van der Waals surface area contributed by atoms with E-state index < -0.39 is 44.3 Å². The van der Waals surface area contributed by atoms with E-state index in [0.29, 0.717) is 12.0 Å². The summed E-state index contributed by atoms with van der Waals surface area (Å²) in [6.07, 6.45) is -15.3. The van der Waals surface area contributed by atoms with Crippen molar-refractivity contribution in [2.75, 3.05) is 0 Å². The van der Waals surface area contributed by atoms with Gasteiger partial charge in [-0.2, -0.15) is 26.3 Å². The first kappa shape index (κ1) is 24.7. The minimum Gasteiger partial charge on any atom is -0.442 e. The Labute approximate surface area is 172 Å². The first-order valence-electron chi connectivity index (χ1n) is 9.51. The predicted octanol–water partition coefficient (Wildman–Crippen LogP) is 6.35. The van der Waals surface area contributed by atoms with Gasteiger partial charge in [0, 0.05) is 0 Å². The normalized spacial score (nSPS) is 23.3. The van der Waals surface area contributed by atoms with Crippen LogP contribution < -0.4 is 0 Å². The molecule has 0 aromatic heterocycles. The highest BCUT2D eigenvalue weighted by atomic mass is 28.4. The molecule has 1 aliphatic rings. The monoisotopic (exact) mass is 456 g/mol. The molecule has 1 aliphatic carbocycles. The summed E-state index contributed by atoms with van der Waals surface area (Å²) in [4.78, 5) is 12.6. The summed E-state index contributed by atoms with van der Waals surface area (Å²) in [7, 11) is -2.55. The molecule has 0 radical (unpaired) electrons. The van der Waals surface area contributed by atoms with Crippen molar-refractivity contribution in [3.05, 3.63) is 35.9 Å². The number of halogens is 6. The summed E-state index contributed by atoms with van der Waals surface area (Å²) in [5, 5.41) is -0.292. The summed E-state index contributed by atoms with van der Waals surface area (Å²) < 4.78 is 87.8. The molecule has 1 fully saturated rings. The molecule has 2 unspecified atom stereocenters. The molecule has 0 heterocycles. The van der Waals surface area contributed by atoms with E-state index in [9.17, 15) is 31.1 Å². The van der Waals surface area contributed by atoms with Crippen molar-refractivity contribution in [3.8, 4) is 0 Å². The van der Waals surface area contributed by atoms with Gasteiger partial charge in [0.1, 0.15) is 0 Å². The Morgan fingerprint density at radius 3 is 1.90 bits per heavy atom. The van der Waals surface area contributed by atoms with Gasteiger partial charge in [-0.05, 0) is 36.5 Å². The Balaban J connectivity index is 2.42. The lowest BCUT2D eigenvalue weighted by atomic mass is 9.65. The topological polar surface area (TPSA) is 35.5 Å². The number of hydrogen-bond acceptors (Lipinski definition) is 3. The number of benzene rings is 1. The van der Waals surface area contributed by atoms with Crippen LogP contribution in [0.1, 0.15) is 39.2 Å². The van der Waals surface area contributed by atoms with E-state index in [0.717, 1.165) is 0 Å². The fourth-order valence-electron chi connectivity index (χ4n) is 3.23. The maximum Gasteiger partial charge on any atom is 0.434 e. The highest BCUT2D eigenvalue weighted by Gasteiger charge is 2.63. The molecule has 1 aromatic carbocycles. The van der Waals surface area contributed by atoms with Crippen LogP contribution in [0.25, 0.3) is 0 Å². The molecule has 0 bridgehead atoms. The maximum atomic E-state index is 12.9. The molecule has 170 valence electrons. The van der Waals surface area contributed by atoms with E-state index in [1.807, 2.05) is 33.9 Å². The molecule has 10 heteroatoms. The minimum absolute atomic E-state index is 0.0742. The summed E-state index contributed by atoms with van der Waals surface area (Å²) in [6, 6.07) is 8.41. The minimum atomic E-state index is -5.76. The van der Waals surface area contributed by atoms with Gasteiger partial charge in [-0.1, -0.05) is 51.1 Å². The van der Waals surface area contributed by atoms with E-state index in [1.165, 1.54) is 0 Å². The highest BCUT2D eigenvalue weighted by Crippen LogP contribution is 2.55. The lowest BCUT2D eigenvalue weighted by molar-refractivity contribution is -0.316. The molecule has 0 saturated heterocycles. The molecule has 0 amide bonds. The smallest absolute Gasteiger partial charge is 0.434 e. The lowest BCUT2D eigenvalue weighted by Crippen LogP contribution is -2.59. The third-order valence-electron chi connectivity index (χ3n) is 5.99.